The molecular formula is C16H19ClN2O. The number of hydrogen-bond acceptors (Lipinski definition) is 2. The van der Waals surface area contributed by atoms with Gasteiger partial charge in [0, 0.05) is 0 Å². The molecular weight excluding hydrogens is 272 g/mol. The molecule has 4 heteroatoms. The van der Waals surface area contributed by atoms with Gasteiger partial charge in [0.15, 0.2) is 0 Å². The number of amidine groups is 1. The third-order valence-electron chi connectivity index (χ3n) is 2.64. The van der Waals surface area contributed by atoms with E-state index in [-0.39, 0.29) is 12.4 Å². The Bertz CT molecular complexity index is 515. The summed E-state index contributed by atoms with van der Waals surface area (Å²) >= 11 is 0. The molecule has 0 radical (unpaired) electrons. The van der Waals surface area contributed by atoms with E-state index in [1.165, 1.54) is 5.56 Å². The van der Waals surface area contributed by atoms with Gasteiger partial charge in [0.1, 0.15) is 5.84 Å². The van der Waals surface area contributed by atoms with Crippen molar-refractivity contribution in [2.75, 3.05) is 0 Å². The van der Waals surface area contributed by atoms with Gasteiger partial charge in [-0.3, -0.25) is 15.3 Å². The molecule has 0 fully saturated rings. The maximum atomic E-state index is 5.39. The number of hydrogen-bond donors (Lipinski definition) is 1. The predicted octanol–water partition coefficient (Wildman–Crippen LogP) is 3.75. The molecule has 1 N–H and O–H groups in total. The van der Waals surface area contributed by atoms with Gasteiger partial charge in [-0.1, -0.05) is 60.7 Å². The summed E-state index contributed by atoms with van der Waals surface area (Å²) in [4.78, 5) is 9.80. The van der Waals surface area contributed by atoms with Crippen molar-refractivity contribution in [1.29, 1.82) is 0 Å². The highest BCUT2D eigenvalue weighted by atomic mass is 35.5. The van der Waals surface area contributed by atoms with Crippen molar-refractivity contribution >= 4 is 18.2 Å². The Hall–Kier alpha value is -1.84. The lowest BCUT2D eigenvalue weighted by Gasteiger charge is -2.06. The highest BCUT2D eigenvalue weighted by Gasteiger charge is 1.94. The summed E-state index contributed by atoms with van der Waals surface area (Å²) in [6, 6.07) is 20.2. The van der Waals surface area contributed by atoms with Crippen LogP contribution in [-0.4, -0.2) is 5.84 Å². The van der Waals surface area contributed by atoms with Crippen LogP contribution < -0.4 is 5.48 Å². The first-order chi connectivity index (χ1) is 9.34. The lowest BCUT2D eigenvalue weighted by molar-refractivity contribution is 0.0706. The predicted molar refractivity (Wildman–Crippen MR) is 84.9 cm³/mol. The molecule has 0 saturated carbocycles. The third kappa shape index (κ3) is 5.87. The van der Waals surface area contributed by atoms with Gasteiger partial charge >= 0.3 is 0 Å². The van der Waals surface area contributed by atoms with Crippen LogP contribution in [0.2, 0.25) is 0 Å². The Morgan fingerprint density at radius 2 is 1.50 bits per heavy atom. The lowest BCUT2D eigenvalue weighted by atomic mass is 10.2. The zero-order valence-corrected chi connectivity index (χ0v) is 12.3. The number of aliphatic imine (C=N–C) groups is 1. The Kier molecular flexibility index (Phi) is 7.40. The van der Waals surface area contributed by atoms with Crippen LogP contribution in [0, 0.1) is 0 Å². The molecule has 0 aliphatic carbocycles. The molecule has 2 aromatic carbocycles. The topological polar surface area (TPSA) is 33.6 Å². The summed E-state index contributed by atoms with van der Waals surface area (Å²) < 4.78 is 0. The number of benzene rings is 2. The summed E-state index contributed by atoms with van der Waals surface area (Å²) in [7, 11) is 0. The molecule has 2 rings (SSSR count). The standard InChI is InChI=1S/C16H18N2O.ClH/c1-14(17-12-15-8-4-2-5-9-15)18-19-13-16-10-6-3-7-11-16;/h2-11H,12-13H2,1H3,(H,17,18);1H. The van der Waals surface area contributed by atoms with Crippen molar-refractivity contribution in [3.63, 3.8) is 0 Å². The smallest absolute Gasteiger partial charge is 0.118 e. The molecule has 0 spiro atoms. The normalized spacial score (nSPS) is 10.8. The van der Waals surface area contributed by atoms with E-state index < -0.39 is 0 Å². The molecule has 0 amide bonds. The minimum absolute atomic E-state index is 0. The van der Waals surface area contributed by atoms with Gasteiger partial charge in [-0.25, -0.2) is 0 Å². The van der Waals surface area contributed by atoms with Crippen LogP contribution in [-0.2, 0) is 18.0 Å². The largest absolute Gasteiger partial charge is 0.270 e. The molecule has 2 aromatic rings. The Morgan fingerprint density at radius 3 is 2.10 bits per heavy atom. The molecule has 0 unspecified atom stereocenters. The number of rotatable bonds is 5. The van der Waals surface area contributed by atoms with E-state index in [1.54, 1.807) is 0 Å². The van der Waals surface area contributed by atoms with E-state index in [0.29, 0.717) is 13.2 Å². The van der Waals surface area contributed by atoms with Gasteiger partial charge in [-0.15, -0.1) is 12.4 Å². The van der Waals surface area contributed by atoms with Crippen molar-refractivity contribution in [2.45, 2.75) is 20.1 Å². The highest BCUT2D eigenvalue weighted by molar-refractivity contribution is 5.85. The van der Waals surface area contributed by atoms with E-state index in [2.05, 4.69) is 22.6 Å². The highest BCUT2D eigenvalue weighted by Crippen LogP contribution is 2.01. The minimum Gasteiger partial charge on any atom is -0.270 e. The average molecular weight is 291 g/mol. The lowest BCUT2D eigenvalue weighted by Crippen LogP contribution is -2.20. The minimum atomic E-state index is 0. The maximum absolute atomic E-state index is 5.39. The Balaban J connectivity index is 0.00000200. The molecule has 0 heterocycles. The average Bonchev–Trinajstić information content (AvgIpc) is 2.47. The fourth-order valence-corrected chi connectivity index (χ4v) is 1.62. The van der Waals surface area contributed by atoms with Crippen LogP contribution in [0.3, 0.4) is 0 Å². The summed E-state index contributed by atoms with van der Waals surface area (Å²) in [5.41, 5.74) is 5.17. The molecule has 106 valence electrons. The number of nitrogens with one attached hydrogen (secondary N) is 1. The first-order valence-corrected chi connectivity index (χ1v) is 6.31. The van der Waals surface area contributed by atoms with E-state index in [0.717, 1.165) is 11.4 Å². The molecule has 0 bridgehead atoms. The van der Waals surface area contributed by atoms with E-state index in [9.17, 15) is 0 Å². The van der Waals surface area contributed by atoms with Crippen molar-refractivity contribution < 1.29 is 4.84 Å². The van der Waals surface area contributed by atoms with E-state index in [4.69, 9.17) is 4.84 Å². The molecule has 0 aromatic heterocycles. The Labute approximate surface area is 126 Å². The fraction of sp³-hybridized carbons (Fsp3) is 0.188. The zero-order chi connectivity index (χ0) is 13.3. The molecule has 0 saturated heterocycles. The van der Waals surface area contributed by atoms with Crippen LogP contribution in [0.4, 0.5) is 0 Å². The van der Waals surface area contributed by atoms with Gasteiger partial charge in [0.25, 0.3) is 0 Å². The molecule has 20 heavy (non-hydrogen) atoms. The SMILES string of the molecule is CC(=NCc1ccccc1)NOCc1ccccc1.Cl. The molecule has 0 aliphatic heterocycles. The van der Waals surface area contributed by atoms with E-state index in [1.807, 2.05) is 55.5 Å². The second-order valence-corrected chi connectivity index (χ2v) is 4.26. The summed E-state index contributed by atoms with van der Waals surface area (Å²) in [5.74, 6) is 0.778. The van der Waals surface area contributed by atoms with Crippen molar-refractivity contribution in [3.05, 3.63) is 71.8 Å². The summed E-state index contributed by atoms with van der Waals surface area (Å²) in [5, 5.41) is 0. The van der Waals surface area contributed by atoms with Crippen LogP contribution in [0.15, 0.2) is 65.7 Å². The molecule has 0 aliphatic rings. The van der Waals surface area contributed by atoms with Crippen LogP contribution >= 0.6 is 12.4 Å². The number of halogens is 1. The van der Waals surface area contributed by atoms with Crippen molar-refractivity contribution in [3.8, 4) is 0 Å². The molecule has 0 atom stereocenters. The summed E-state index contributed by atoms with van der Waals surface area (Å²) in [6.45, 7) is 3.08. The van der Waals surface area contributed by atoms with Gasteiger partial charge < -0.3 is 0 Å². The second kappa shape index (κ2) is 9.13. The van der Waals surface area contributed by atoms with E-state index >= 15 is 0 Å². The number of nitrogens with zero attached hydrogens (tertiary/aromatic N) is 1. The van der Waals surface area contributed by atoms with Crippen molar-refractivity contribution in [1.82, 2.24) is 5.48 Å². The van der Waals surface area contributed by atoms with Crippen molar-refractivity contribution in [2.24, 2.45) is 4.99 Å². The van der Waals surface area contributed by atoms with Gasteiger partial charge in [0.05, 0.1) is 13.2 Å². The maximum Gasteiger partial charge on any atom is 0.118 e. The third-order valence-corrected chi connectivity index (χ3v) is 2.64. The summed E-state index contributed by atoms with van der Waals surface area (Å²) in [6.07, 6.45) is 0. The zero-order valence-electron chi connectivity index (χ0n) is 11.5. The quantitative estimate of drug-likeness (QED) is 0.517. The van der Waals surface area contributed by atoms with Gasteiger partial charge in [-0.05, 0) is 18.1 Å². The van der Waals surface area contributed by atoms with Crippen LogP contribution in [0.25, 0.3) is 0 Å². The monoisotopic (exact) mass is 290 g/mol. The Morgan fingerprint density at radius 1 is 0.950 bits per heavy atom. The first-order valence-electron chi connectivity index (χ1n) is 6.31. The second-order valence-electron chi connectivity index (χ2n) is 4.26. The first kappa shape index (κ1) is 16.2. The van der Waals surface area contributed by atoms with Crippen LogP contribution in [0.1, 0.15) is 18.1 Å². The van der Waals surface area contributed by atoms with Gasteiger partial charge in [-0.2, -0.15) is 0 Å². The fourth-order valence-electron chi connectivity index (χ4n) is 1.62. The van der Waals surface area contributed by atoms with Crippen LogP contribution in [0.5, 0.6) is 0 Å². The van der Waals surface area contributed by atoms with Gasteiger partial charge in [0.2, 0.25) is 0 Å². The number of hydroxylamine groups is 1. The molecule has 3 nitrogen and oxygen atoms in total.